The van der Waals surface area contributed by atoms with E-state index < -0.39 is 36.0 Å². The van der Waals surface area contributed by atoms with Crippen molar-refractivity contribution in [3.8, 4) is 6.07 Å². The molecule has 0 radical (unpaired) electrons. The van der Waals surface area contributed by atoms with Gasteiger partial charge in [-0.15, -0.1) is 0 Å². The minimum absolute atomic E-state index is 0.0327. The third kappa shape index (κ3) is 10.8. The molecule has 18 heteroatoms. The van der Waals surface area contributed by atoms with E-state index in [2.05, 4.69) is 13.2 Å². The van der Waals surface area contributed by atoms with Crippen LogP contribution in [0.25, 0.3) is 0 Å². The van der Waals surface area contributed by atoms with E-state index in [0.29, 0.717) is 65.7 Å². The number of nitriles is 1. The molecule has 4 saturated heterocycles. The Labute approximate surface area is 285 Å². The van der Waals surface area contributed by atoms with Crippen molar-refractivity contribution in [1.82, 2.24) is 29.4 Å². The number of carbonyl (C=O) groups is 6. The van der Waals surface area contributed by atoms with Gasteiger partial charge in [0.2, 0.25) is 0 Å². The summed E-state index contributed by atoms with van der Waals surface area (Å²) in [4.78, 5) is 82.7. The molecule has 4 aliphatic heterocycles. The lowest BCUT2D eigenvalue weighted by molar-refractivity contribution is -0.148. The van der Waals surface area contributed by atoms with E-state index in [1.807, 2.05) is 0 Å². The molecule has 0 saturated carbocycles. The molecule has 0 spiro atoms. The van der Waals surface area contributed by atoms with Gasteiger partial charge < -0.3 is 43.3 Å². The van der Waals surface area contributed by atoms with Crippen molar-refractivity contribution >= 4 is 36.0 Å². The molecule has 6 amide bonds. The summed E-state index contributed by atoms with van der Waals surface area (Å²) >= 11 is 0. The maximum atomic E-state index is 12.6. The van der Waals surface area contributed by atoms with Crippen LogP contribution in [0.3, 0.4) is 0 Å². The predicted molar refractivity (Wildman–Crippen MR) is 170 cm³/mol. The molecule has 0 bridgehead atoms. The number of urea groups is 2. The van der Waals surface area contributed by atoms with E-state index in [9.17, 15) is 28.8 Å². The molecule has 4 aliphatic rings. The fraction of sp³-hybridized carbons (Fsp3) is 0.645. The van der Waals surface area contributed by atoms with Crippen LogP contribution in [0, 0.1) is 11.3 Å². The monoisotopic (exact) mass is 691 g/mol. The summed E-state index contributed by atoms with van der Waals surface area (Å²) in [6.45, 7) is 12.2. The second-order valence-corrected chi connectivity index (χ2v) is 11.1. The minimum atomic E-state index is -0.883. The molecule has 4 heterocycles. The van der Waals surface area contributed by atoms with E-state index in [1.54, 1.807) is 25.7 Å². The van der Waals surface area contributed by atoms with Gasteiger partial charge in [0.25, 0.3) is 0 Å². The number of ether oxygens (including phenoxy) is 5. The van der Waals surface area contributed by atoms with E-state index >= 15 is 0 Å². The molecule has 0 aromatic heterocycles. The topological polar surface area (TPSA) is 192 Å². The summed E-state index contributed by atoms with van der Waals surface area (Å²) in [6, 6.07) is -0.306. The number of hydrogen-bond donors (Lipinski definition) is 0. The molecule has 270 valence electrons. The molecular weight excluding hydrogens is 646 g/mol. The normalized spacial score (nSPS) is 20.9. The van der Waals surface area contributed by atoms with Gasteiger partial charge in [-0.05, 0) is 0 Å². The predicted octanol–water partition coefficient (Wildman–Crippen LogP) is 0.151. The maximum Gasteiger partial charge on any atom is 0.410 e. The molecule has 0 N–H and O–H groups in total. The summed E-state index contributed by atoms with van der Waals surface area (Å²) in [5, 5.41) is 8.79. The zero-order valence-electron chi connectivity index (χ0n) is 27.9. The van der Waals surface area contributed by atoms with Crippen molar-refractivity contribution in [3.05, 3.63) is 25.3 Å². The van der Waals surface area contributed by atoms with E-state index in [0.717, 1.165) is 0 Å². The van der Waals surface area contributed by atoms with Gasteiger partial charge in [0, 0.05) is 52.4 Å². The van der Waals surface area contributed by atoms with Gasteiger partial charge in [0.1, 0.15) is 19.3 Å². The highest BCUT2D eigenvalue weighted by Gasteiger charge is 2.40. The quantitative estimate of drug-likeness (QED) is 0.200. The number of morpholine rings is 2. The van der Waals surface area contributed by atoms with Crippen LogP contribution in [0.1, 0.15) is 6.42 Å². The van der Waals surface area contributed by atoms with Gasteiger partial charge in [-0.1, -0.05) is 25.3 Å². The van der Waals surface area contributed by atoms with Gasteiger partial charge in [-0.3, -0.25) is 14.6 Å². The summed E-state index contributed by atoms with van der Waals surface area (Å²) in [7, 11) is 1.25. The highest BCUT2D eigenvalue weighted by atomic mass is 16.6. The Hall–Kier alpha value is -4.89. The maximum absolute atomic E-state index is 12.6. The first-order valence-electron chi connectivity index (χ1n) is 16.0. The van der Waals surface area contributed by atoms with Crippen LogP contribution in [0.4, 0.5) is 19.2 Å². The van der Waals surface area contributed by atoms with Crippen LogP contribution in [-0.2, 0) is 33.3 Å². The third-order valence-electron chi connectivity index (χ3n) is 8.08. The van der Waals surface area contributed by atoms with Crippen LogP contribution in [0.15, 0.2) is 25.3 Å². The van der Waals surface area contributed by atoms with Crippen LogP contribution in [0.2, 0.25) is 0 Å². The number of esters is 1. The summed E-state index contributed by atoms with van der Waals surface area (Å²) in [5.74, 6) is -0.984. The first-order valence-corrected chi connectivity index (χ1v) is 16.0. The van der Waals surface area contributed by atoms with Crippen molar-refractivity contribution < 1.29 is 52.5 Å². The van der Waals surface area contributed by atoms with Crippen molar-refractivity contribution in [1.29, 1.82) is 5.26 Å². The molecule has 4 fully saturated rings. The van der Waals surface area contributed by atoms with Gasteiger partial charge in [-0.2, -0.15) is 5.26 Å². The Balaban J connectivity index is 0.000000266. The first kappa shape index (κ1) is 38.6. The molecule has 0 aliphatic carbocycles. The van der Waals surface area contributed by atoms with E-state index in [1.165, 1.54) is 29.1 Å². The molecule has 0 aromatic rings. The first-order chi connectivity index (χ1) is 23.7. The number of hydrogen-bond acceptors (Lipinski definition) is 12. The number of ketones is 1. The van der Waals surface area contributed by atoms with Gasteiger partial charge in [0.05, 0.1) is 59.1 Å². The van der Waals surface area contributed by atoms with Crippen LogP contribution in [0.5, 0.6) is 0 Å². The number of methoxy groups -OCH3 is 1. The van der Waals surface area contributed by atoms with Crippen molar-refractivity contribution in [2.45, 2.75) is 18.5 Å². The number of piperazine rings is 2. The van der Waals surface area contributed by atoms with Gasteiger partial charge >= 0.3 is 30.2 Å². The SMILES string of the molecule is C=CCOC(=O)N1CCN(C(=O)N2CCOCC2)CC1C(=O)CC#N.C=CCOC(=O)N1CCN(C(=O)N2CCOCC2)CC1C(=O)OC. The molecular formula is C31H45N7O11. The summed E-state index contributed by atoms with van der Waals surface area (Å²) < 4.78 is 25.2. The molecule has 0 aromatic carbocycles. The summed E-state index contributed by atoms with van der Waals surface area (Å²) in [6.07, 6.45) is 1.29. The Morgan fingerprint density at radius 1 is 0.694 bits per heavy atom. The minimum Gasteiger partial charge on any atom is -0.467 e. The Morgan fingerprint density at radius 3 is 1.53 bits per heavy atom. The average molecular weight is 692 g/mol. The number of rotatable bonds is 7. The van der Waals surface area contributed by atoms with Gasteiger partial charge in [0.15, 0.2) is 11.8 Å². The van der Waals surface area contributed by atoms with E-state index in [4.69, 9.17) is 28.9 Å². The number of amides is 6. The van der Waals surface area contributed by atoms with Crippen molar-refractivity contribution in [2.75, 3.05) is 112 Å². The molecule has 2 atom stereocenters. The lowest BCUT2D eigenvalue weighted by Crippen LogP contribution is -2.62. The van der Waals surface area contributed by atoms with Gasteiger partial charge in [-0.25, -0.2) is 24.0 Å². The zero-order chi connectivity index (χ0) is 35.8. The number of nitrogens with zero attached hydrogens (tertiary/aromatic N) is 7. The molecule has 49 heavy (non-hydrogen) atoms. The van der Waals surface area contributed by atoms with Crippen LogP contribution in [-0.4, -0.2) is 190 Å². The zero-order valence-corrected chi connectivity index (χ0v) is 27.9. The van der Waals surface area contributed by atoms with Crippen molar-refractivity contribution in [3.63, 3.8) is 0 Å². The number of carbonyl (C=O) groups excluding carboxylic acids is 6. The fourth-order valence-corrected chi connectivity index (χ4v) is 5.49. The van der Waals surface area contributed by atoms with Crippen LogP contribution < -0.4 is 0 Å². The smallest absolute Gasteiger partial charge is 0.410 e. The Kier molecular flexibility index (Phi) is 15.6. The second-order valence-electron chi connectivity index (χ2n) is 11.1. The highest BCUT2D eigenvalue weighted by Crippen LogP contribution is 2.17. The van der Waals surface area contributed by atoms with E-state index in [-0.39, 0.29) is 57.9 Å². The lowest BCUT2D eigenvalue weighted by atomic mass is 10.1. The molecule has 4 rings (SSSR count). The van der Waals surface area contributed by atoms with Crippen molar-refractivity contribution in [2.24, 2.45) is 0 Å². The second kappa shape index (κ2) is 19.8. The molecule has 18 nitrogen and oxygen atoms in total. The average Bonchev–Trinajstić information content (AvgIpc) is 3.15. The third-order valence-corrected chi connectivity index (χ3v) is 8.08. The number of Topliss-reactive ketones (excluding diaryl/α,β-unsaturated/α-hetero) is 1. The van der Waals surface area contributed by atoms with Crippen LogP contribution >= 0.6 is 0 Å². The highest BCUT2D eigenvalue weighted by molar-refractivity contribution is 5.90. The fourth-order valence-electron chi connectivity index (χ4n) is 5.49. The Bertz CT molecular complexity index is 1250. The Morgan fingerprint density at radius 2 is 1.12 bits per heavy atom. The molecule has 2 unspecified atom stereocenters. The summed E-state index contributed by atoms with van der Waals surface area (Å²) in [5.41, 5.74) is 0. The standard InChI is InChI=1S/C16H22N4O5.C15H23N3O6/c1-2-9-25-16(23)20-6-5-19(12-13(20)14(21)3-4-17)15(22)18-7-10-24-11-8-18;1-3-8-24-15(21)18-5-4-17(11-12(18)13(19)22-2)14(20)16-6-9-23-10-7-16/h2,13H,1,3,5-12H2;3,12H,1,4-11H2,2H3. The largest absolute Gasteiger partial charge is 0.467 e. The lowest BCUT2D eigenvalue weighted by Gasteiger charge is -2.41.